The summed E-state index contributed by atoms with van der Waals surface area (Å²) in [5.74, 6) is 0.00827. The molecule has 1 N–H and O–H groups in total. The van der Waals surface area contributed by atoms with Gasteiger partial charge in [0, 0.05) is 16.7 Å². The molecule has 138 valence electrons. The summed E-state index contributed by atoms with van der Waals surface area (Å²) in [7, 11) is 0. The van der Waals surface area contributed by atoms with Crippen LogP contribution in [0.2, 0.25) is 0 Å². The van der Waals surface area contributed by atoms with Crippen molar-refractivity contribution >= 4 is 5.91 Å². The average Bonchev–Trinajstić information content (AvgIpc) is 3.15. The highest BCUT2D eigenvalue weighted by Gasteiger charge is 2.46. The normalized spacial score (nSPS) is 16.7. The minimum atomic E-state index is -0.308. The Morgan fingerprint density at radius 1 is 0.926 bits per heavy atom. The summed E-state index contributed by atoms with van der Waals surface area (Å²) in [4.78, 5) is 15.2. The number of amides is 1. The maximum Gasteiger partial charge on any atom is 0.273 e. The highest BCUT2D eigenvalue weighted by atomic mass is 16.2. The maximum absolute atomic E-state index is 13.2. The van der Waals surface area contributed by atoms with Crippen molar-refractivity contribution < 1.29 is 4.79 Å². The number of rotatable bonds is 2. The van der Waals surface area contributed by atoms with Gasteiger partial charge in [-0.25, -0.2) is 0 Å². The molecule has 2 heterocycles. The number of fused-ring (bicyclic) bond motifs is 1. The van der Waals surface area contributed by atoms with Gasteiger partial charge in [-0.1, -0.05) is 59.7 Å². The van der Waals surface area contributed by atoms with Crippen LogP contribution in [-0.2, 0) is 0 Å². The number of aromatic amines is 1. The summed E-state index contributed by atoms with van der Waals surface area (Å²) in [5.41, 5.74) is 6.67. The van der Waals surface area contributed by atoms with E-state index in [0.717, 1.165) is 22.4 Å². The van der Waals surface area contributed by atoms with Crippen LogP contribution in [-0.4, -0.2) is 26.5 Å². The van der Waals surface area contributed by atoms with E-state index in [1.807, 2.05) is 4.90 Å². The van der Waals surface area contributed by atoms with E-state index in [-0.39, 0.29) is 17.5 Å². The summed E-state index contributed by atoms with van der Waals surface area (Å²) in [6.45, 7) is 10.4. The van der Waals surface area contributed by atoms with Gasteiger partial charge in [0.2, 0.25) is 0 Å². The van der Waals surface area contributed by atoms with Crippen LogP contribution in [0.5, 0.6) is 0 Å². The third-order valence-electron chi connectivity index (χ3n) is 5.21. The minimum Gasteiger partial charge on any atom is -0.321 e. The van der Waals surface area contributed by atoms with Crippen LogP contribution in [0.15, 0.2) is 48.5 Å². The van der Waals surface area contributed by atoms with Gasteiger partial charge in [-0.05, 0) is 40.2 Å². The van der Waals surface area contributed by atoms with Crippen molar-refractivity contribution in [2.75, 3.05) is 0 Å². The molecule has 0 bridgehead atoms. The number of aromatic nitrogens is 2. The Balaban J connectivity index is 1.93. The number of carbonyl (C=O) groups is 1. The van der Waals surface area contributed by atoms with Crippen LogP contribution < -0.4 is 0 Å². The number of nitrogens with zero attached hydrogens (tertiary/aromatic N) is 2. The highest BCUT2D eigenvalue weighted by molar-refractivity contribution is 6.00. The van der Waals surface area contributed by atoms with E-state index < -0.39 is 0 Å². The summed E-state index contributed by atoms with van der Waals surface area (Å²) >= 11 is 0. The van der Waals surface area contributed by atoms with Gasteiger partial charge >= 0.3 is 0 Å². The lowest BCUT2D eigenvalue weighted by Crippen LogP contribution is -2.44. The Morgan fingerprint density at radius 3 is 2.04 bits per heavy atom. The fourth-order valence-electron chi connectivity index (χ4n) is 3.83. The van der Waals surface area contributed by atoms with Gasteiger partial charge in [0.05, 0.1) is 11.7 Å². The maximum atomic E-state index is 13.2. The fourth-order valence-corrected chi connectivity index (χ4v) is 3.83. The first kappa shape index (κ1) is 17.5. The number of hydrogen-bond donors (Lipinski definition) is 1. The van der Waals surface area contributed by atoms with Crippen LogP contribution in [0.3, 0.4) is 0 Å². The predicted octanol–water partition coefficient (Wildman–Crippen LogP) is 5.04. The molecular weight excluding hydrogens is 334 g/mol. The number of benzene rings is 2. The molecule has 0 aliphatic carbocycles. The van der Waals surface area contributed by atoms with E-state index in [9.17, 15) is 4.79 Å². The van der Waals surface area contributed by atoms with Crippen LogP contribution >= 0.6 is 0 Å². The molecule has 1 aromatic heterocycles. The fraction of sp³-hybridized carbons (Fsp3) is 0.304. The third kappa shape index (κ3) is 2.85. The van der Waals surface area contributed by atoms with Crippen LogP contribution in [0, 0.1) is 13.8 Å². The molecule has 1 aliphatic heterocycles. The van der Waals surface area contributed by atoms with Crippen molar-refractivity contribution in [1.82, 2.24) is 15.1 Å². The average molecular weight is 359 g/mol. The zero-order chi connectivity index (χ0) is 19.3. The Hall–Kier alpha value is -2.88. The zero-order valence-electron chi connectivity index (χ0n) is 16.5. The van der Waals surface area contributed by atoms with Crippen molar-refractivity contribution in [2.24, 2.45) is 0 Å². The predicted molar refractivity (Wildman–Crippen MR) is 108 cm³/mol. The van der Waals surface area contributed by atoms with Gasteiger partial charge in [-0.3, -0.25) is 9.89 Å². The molecule has 0 radical (unpaired) electrons. The molecule has 1 atom stereocenters. The van der Waals surface area contributed by atoms with Gasteiger partial charge in [-0.2, -0.15) is 5.10 Å². The van der Waals surface area contributed by atoms with Crippen molar-refractivity contribution in [3.8, 4) is 11.3 Å². The van der Waals surface area contributed by atoms with Crippen LogP contribution in [0.1, 0.15) is 59.6 Å². The Kier molecular flexibility index (Phi) is 3.95. The second kappa shape index (κ2) is 6.08. The summed E-state index contributed by atoms with van der Waals surface area (Å²) in [5, 5.41) is 7.55. The van der Waals surface area contributed by atoms with E-state index in [0.29, 0.717) is 5.69 Å². The molecule has 1 amide bonds. The van der Waals surface area contributed by atoms with Gasteiger partial charge in [0.25, 0.3) is 5.91 Å². The molecule has 4 nitrogen and oxygen atoms in total. The molecule has 4 heteroatoms. The topological polar surface area (TPSA) is 49.0 Å². The minimum absolute atomic E-state index is 0.00827. The first-order valence-corrected chi connectivity index (χ1v) is 9.33. The van der Waals surface area contributed by atoms with E-state index in [1.165, 1.54) is 11.1 Å². The van der Waals surface area contributed by atoms with E-state index in [1.54, 1.807) is 0 Å². The Bertz CT molecular complexity index is 992. The SMILES string of the molecule is Cc1ccc(-c2n[nH]c3c2C(c2ccc(C)cc2)N(C(C)(C)C)C3=O)cc1. The van der Waals surface area contributed by atoms with Crippen LogP contribution in [0.4, 0.5) is 0 Å². The molecule has 2 aromatic carbocycles. The van der Waals surface area contributed by atoms with Gasteiger partial charge in [0.15, 0.2) is 0 Å². The molecule has 0 fully saturated rings. The molecule has 0 saturated carbocycles. The van der Waals surface area contributed by atoms with Crippen molar-refractivity contribution in [3.63, 3.8) is 0 Å². The molecule has 1 aliphatic rings. The molecule has 0 saturated heterocycles. The van der Waals surface area contributed by atoms with Crippen LogP contribution in [0.25, 0.3) is 11.3 Å². The van der Waals surface area contributed by atoms with Gasteiger partial charge < -0.3 is 4.90 Å². The quantitative estimate of drug-likeness (QED) is 0.697. The van der Waals surface area contributed by atoms with Crippen molar-refractivity contribution in [3.05, 3.63) is 76.5 Å². The second-order valence-electron chi connectivity index (χ2n) is 8.39. The monoisotopic (exact) mass is 359 g/mol. The van der Waals surface area contributed by atoms with Gasteiger partial charge in [0.1, 0.15) is 5.69 Å². The lowest BCUT2D eigenvalue weighted by molar-refractivity contribution is 0.0546. The Labute approximate surface area is 160 Å². The Morgan fingerprint density at radius 2 is 1.48 bits per heavy atom. The number of carbonyl (C=O) groups excluding carboxylic acids is 1. The second-order valence-corrected chi connectivity index (χ2v) is 8.39. The van der Waals surface area contributed by atoms with Crippen molar-refractivity contribution in [2.45, 2.75) is 46.2 Å². The molecular formula is C23H25N3O. The summed E-state index contributed by atoms with van der Waals surface area (Å²) in [6, 6.07) is 16.6. The summed E-state index contributed by atoms with van der Waals surface area (Å²) in [6.07, 6.45) is 0. The molecule has 4 rings (SSSR count). The largest absolute Gasteiger partial charge is 0.321 e. The molecule has 3 aromatic rings. The van der Waals surface area contributed by atoms with E-state index in [2.05, 4.69) is 93.3 Å². The lowest BCUT2D eigenvalue weighted by atomic mass is 9.93. The van der Waals surface area contributed by atoms with E-state index >= 15 is 0 Å². The molecule has 0 spiro atoms. The highest BCUT2D eigenvalue weighted by Crippen LogP contribution is 2.45. The van der Waals surface area contributed by atoms with Crippen molar-refractivity contribution in [1.29, 1.82) is 0 Å². The standard InChI is InChI=1S/C23H25N3O/c1-14-6-10-16(11-7-14)19-18-20(25-24-19)22(27)26(23(3,4)5)21(18)17-12-8-15(2)9-13-17/h6-13,21H,1-5H3,(H,24,25). The lowest BCUT2D eigenvalue weighted by Gasteiger charge is -2.37. The first-order chi connectivity index (χ1) is 12.8. The van der Waals surface area contributed by atoms with Gasteiger partial charge in [-0.15, -0.1) is 0 Å². The number of hydrogen-bond acceptors (Lipinski definition) is 2. The molecule has 27 heavy (non-hydrogen) atoms. The zero-order valence-corrected chi connectivity index (χ0v) is 16.5. The number of aryl methyl sites for hydroxylation is 2. The smallest absolute Gasteiger partial charge is 0.273 e. The van der Waals surface area contributed by atoms with E-state index in [4.69, 9.17) is 0 Å². The first-order valence-electron chi connectivity index (χ1n) is 9.33. The third-order valence-corrected chi connectivity index (χ3v) is 5.21. The summed E-state index contributed by atoms with van der Waals surface area (Å²) < 4.78 is 0. The number of H-pyrrole nitrogens is 1. The molecule has 1 unspecified atom stereocenters. The number of nitrogens with one attached hydrogen (secondary N) is 1.